The number of unbranched alkanes of at least 4 members (excludes halogenated alkanes) is 9. The molecule has 0 bridgehead atoms. The van der Waals surface area contributed by atoms with Gasteiger partial charge in [0.25, 0.3) is 5.91 Å². The van der Waals surface area contributed by atoms with Crippen molar-refractivity contribution in [1.82, 2.24) is 5.32 Å². The Balaban J connectivity index is 1.93. The number of carbonyl (C=O) groups is 1. The van der Waals surface area contributed by atoms with Crippen molar-refractivity contribution in [1.29, 1.82) is 0 Å². The average molecular weight is 305 g/mol. The molecule has 3 heteroatoms. The molecular formula is C19H33N2O+. The van der Waals surface area contributed by atoms with Crippen molar-refractivity contribution in [2.24, 2.45) is 7.05 Å². The smallest absolute Gasteiger partial charge is 0.251 e. The maximum absolute atomic E-state index is 11.9. The minimum Gasteiger partial charge on any atom is -0.352 e. The molecule has 0 saturated heterocycles. The van der Waals surface area contributed by atoms with Crippen LogP contribution in [0.4, 0.5) is 0 Å². The fourth-order valence-corrected chi connectivity index (χ4v) is 2.57. The fourth-order valence-electron chi connectivity index (χ4n) is 2.57. The maximum Gasteiger partial charge on any atom is 0.251 e. The third-order valence-electron chi connectivity index (χ3n) is 4.06. The molecule has 1 N–H and O–H groups in total. The number of hydrogen-bond acceptors (Lipinski definition) is 1. The highest BCUT2D eigenvalue weighted by molar-refractivity contribution is 5.93. The van der Waals surface area contributed by atoms with Crippen LogP contribution in [0.5, 0.6) is 0 Å². The summed E-state index contributed by atoms with van der Waals surface area (Å²) in [4.78, 5) is 11.9. The van der Waals surface area contributed by atoms with Crippen molar-refractivity contribution in [3.8, 4) is 0 Å². The summed E-state index contributed by atoms with van der Waals surface area (Å²) < 4.78 is 1.93. The second-order valence-electron chi connectivity index (χ2n) is 6.19. The number of aryl methyl sites for hydroxylation is 1. The second kappa shape index (κ2) is 12.2. The zero-order valence-corrected chi connectivity index (χ0v) is 14.4. The molecule has 22 heavy (non-hydrogen) atoms. The monoisotopic (exact) mass is 305 g/mol. The summed E-state index contributed by atoms with van der Waals surface area (Å²) >= 11 is 0. The molecule has 0 unspecified atom stereocenters. The van der Waals surface area contributed by atoms with Gasteiger partial charge in [-0.3, -0.25) is 4.79 Å². The van der Waals surface area contributed by atoms with Crippen molar-refractivity contribution in [3.63, 3.8) is 0 Å². The van der Waals surface area contributed by atoms with Gasteiger partial charge in [-0.15, -0.1) is 0 Å². The standard InChI is InChI=1S/C19H32N2O/c1-3-4-5-6-7-8-9-10-11-12-15-20-19(22)18-13-16-21(2)17-14-18/h13-14,16-17H,3-12,15H2,1-2H3/p+1. The minimum atomic E-state index is 0.0384. The van der Waals surface area contributed by atoms with Crippen molar-refractivity contribution >= 4 is 5.91 Å². The predicted octanol–water partition coefficient (Wildman–Crippen LogP) is 4.16. The highest BCUT2D eigenvalue weighted by Gasteiger charge is 2.05. The summed E-state index contributed by atoms with van der Waals surface area (Å²) in [6, 6.07) is 3.71. The average Bonchev–Trinajstić information content (AvgIpc) is 2.53. The van der Waals surface area contributed by atoms with Crippen LogP contribution in [-0.4, -0.2) is 12.5 Å². The molecule has 1 rings (SSSR count). The molecule has 124 valence electrons. The summed E-state index contributed by atoms with van der Waals surface area (Å²) in [6.45, 7) is 3.05. The van der Waals surface area contributed by atoms with E-state index in [1.807, 2.05) is 36.1 Å². The van der Waals surface area contributed by atoms with Crippen LogP contribution in [0.25, 0.3) is 0 Å². The van der Waals surface area contributed by atoms with Crippen LogP contribution in [0, 0.1) is 0 Å². The van der Waals surface area contributed by atoms with Crippen LogP contribution >= 0.6 is 0 Å². The lowest BCUT2D eigenvalue weighted by molar-refractivity contribution is -0.671. The summed E-state index contributed by atoms with van der Waals surface area (Å²) in [5.41, 5.74) is 0.741. The first kappa shape index (κ1) is 18.7. The molecule has 0 aliphatic rings. The molecule has 0 aliphatic heterocycles. The molecule has 0 saturated carbocycles. The third kappa shape index (κ3) is 8.81. The van der Waals surface area contributed by atoms with E-state index in [2.05, 4.69) is 12.2 Å². The SMILES string of the molecule is CCCCCCCCCCCCNC(=O)c1cc[n+](C)cc1. The van der Waals surface area contributed by atoms with E-state index in [0.29, 0.717) is 0 Å². The third-order valence-corrected chi connectivity index (χ3v) is 4.06. The van der Waals surface area contributed by atoms with Crippen LogP contribution in [-0.2, 0) is 7.05 Å². The number of rotatable bonds is 12. The van der Waals surface area contributed by atoms with Crippen molar-refractivity contribution < 1.29 is 9.36 Å². The minimum absolute atomic E-state index is 0.0384. The van der Waals surface area contributed by atoms with E-state index < -0.39 is 0 Å². The number of amides is 1. The number of pyridine rings is 1. The van der Waals surface area contributed by atoms with Crippen molar-refractivity contribution in [2.45, 2.75) is 71.1 Å². The molecule has 1 aromatic heterocycles. The van der Waals surface area contributed by atoms with Crippen molar-refractivity contribution in [3.05, 3.63) is 30.1 Å². The van der Waals surface area contributed by atoms with Gasteiger partial charge in [0, 0.05) is 18.7 Å². The summed E-state index contributed by atoms with van der Waals surface area (Å²) in [7, 11) is 1.95. The molecule has 1 aromatic rings. The van der Waals surface area contributed by atoms with Gasteiger partial charge in [0.1, 0.15) is 7.05 Å². The Morgan fingerprint density at radius 3 is 1.95 bits per heavy atom. The van der Waals surface area contributed by atoms with Gasteiger partial charge in [0.2, 0.25) is 0 Å². The van der Waals surface area contributed by atoms with E-state index in [0.717, 1.165) is 18.5 Å². The number of hydrogen-bond donors (Lipinski definition) is 1. The van der Waals surface area contributed by atoms with E-state index in [4.69, 9.17) is 0 Å². The van der Waals surface area contributed by atoms with E-state index >= 15 is 0 Å². The van der Waals surface area contributed by atoms with Crippen LogP contribution in [0.15, 0.2) is 24.5 Å². The molecule has 0 atom stereocenters. The summed E-state index contributed by atoms with van der Waals surface area (Å²) in [6.07, 6.45) is 17.0. The number of aromatic nitrogens is 1. The topological polar surface area (TPSA) is 33.0 Å². The Morgan fingerprint density at radius 2 is 1.41 bits per heavy atom. The first-order valence-corrected chi connectivity index (χ1v) is 8.97. The largest absolute Gasteiger partial charge is 0.352 e. The molecule has 0 aliphatic carbocycles. The normalized spacial score (nSPS) is 10.6. The van der Waals surface area contributed by atoms with Crippen LogP contribution in [0.1, 0.15) is 81.5 Å². The summed E-state index contributed by atoms with van der Waals surface area (Å²) in [5.74, 6) is 0.0384. The van der Waals surface area contributed by atoms with Gasteiger partial charge in [0.05, 0.1) is 5.56 Å². The van der Waals surface area contributed by atoms with E-state index in [9.17, 15) is 4.79 Å². The Hall–Kier alpha value is -1.38. The molecule has 3 nitrogen and oxygen atoms in total. The molecule has 1 amide bonds. The van der Waals surface area contributed by atoms with Gasteiger partial charge < -0.3 is 5.32 Å². The molecule has 0 radical (unpaired) electrons. The Labute approximate surface area is 136 Å². The van der Waals surface area contributed by atoms with Gasteiger partial charge >= 0.3 is 0 Å². The zero-order valence-electron chi connectivity index (χ0n) is 14.4. The number of nitrogens with zero attached hydrogens (tertiary/aromatic N) is 1. The molecule has 1 heterocycles. The lowest BCUT2D eigenvalue weighted by atomic mass is 10.1. The lowest BCUT2D eigenvalue weighted by Gasteiger charge is -2.05. The van der Waals surface area contributed by atoms with Crippen LogP contribution in [0.3, 0.4) is 0 Å². The lowest BCUT2D eigenvalue weighted by Crippen LogP contribution is -2.29. The summed E-state index contributed by atoms with van der Waals surface area (Å²) in [5, 5.41) is 3.00. The second-order valence-corrected chi connectivity index (χ2v) is 6.19. The van der Waals surface area contributed by atoms with Crippen molar-refractivity contribution in [2.75, 3.05) is 6.54 Å². The number of carbonyl (C=O) groups excluding carboxylic acids is 1. The predicted molar refractivity (Wildman–Crippen MR) is 91.8 cm³/mol. The fraction of sp³-hybridized carbons (Fsp3) is 0.684. The first-order valence-electron chi connectivity index (χ1n) is 8.97. The quantitative estimate of drug-likeness (QED) is 0.456. The molecule has 0 fully saturated rings. The molecule has 0 aromatic carbocycles. The van der Waals surface area contributed by atoms with E-state index in [1.54, 1.807) is 0 Å². The molecular weight excluding hydrogens is 272 g/mol. The van der Waals surface area contributed by atoms with E-state index in [1.165, 1.54) is 57.8 Å². The highest BCUT2D eigenvalue weighted by Crippen LogP contribution is 2.10. The number of nitrogens with one attached hydrogen (secondary N) is 1. The highest BCUT2D eigenvalue weighted by atomic mass is 16.1. The van der Waals surface area contributed by atoms with Gasteiger partial charge in [-0.2, -0.15) is 0 Å². The van der Waals surface area contributed by atoms with E-state index in [-0.39, 0.29) is 5.91 Å². The van der Waals surface area contributed by atoms with Gasteiger partial charge in [-0.1, -0.05) is 64.7 Å². The zero-order chi connectivity index (χ0) is 16.0. The first-order chi connectivity index (χ1) is 10.7. The Kier molecular flexibility index (Phi) is 10.3. The van der Waals surface area contributed by atoms with Gasteiger partial charge in [0.15, 0.2) is 12.4 Å². The molecule has 0 spiro atoms. The van der Waals surface area contributed by atoms with Crippen LogP contribution < -0.4 is 9.88 Å². The Bertz CT molecular complexity index is 400. The maximum atomic E-state index is 11.9. The Morgan fingerprint density at radius 1 is 0.909 bits per heavy atom. The van der Waals surface area contributed by atoms with Gasteiger partial charge in [-0.25, -0.2) is 4.57 Å². The van der Waals surface area contributed by atoms with Gasteiger partial charge in [-0.05, 0) is 6.42 Å². The van der Waals surface area contributed by atoms with Crippen LogP contribution in [0.2, 0.25) is 0 Å².